The molecule has 1 aliphatic rings. The van der Waals surface area contributed by atoms with E-state index in [2.05, 4.69) is 20.2 Å². The SMILES string of the molecule is COc1cc(N)c(Cl)cc1C(=O)N[C@@H]1CCN(CCCCSc2ncccn2)C[C@@H]1OC. The van der Waals surface area contributed by atoms with E-state index in [1.165, 1.54) is 7.11 Å². The standard InChI is InChI=1S/C22H30ClN5O3S/c1-30-19-13-17(24)16(23)12-15(19)21(29)27-18-6-10-28(14-20(18)31-2)9-3-4-11-32-22-25-7-5-8-26-22/h5,7-8,12-13,18,20H,3-4,6,9-11,14,24H2,1-2H3,(H,27,29)/t18-,20+/m1/s1. The van der Waals surface area contributed by atoms with E-state index >= 15 is 0 Å². The van der Waals surface area contributed by atoms with E-state index in [4.69, 9.17) is 26.8 Å². The van der Waals surface area contributed by atoms with Crippen LogP contribution in [0.3, 0.4) is 0 Å². The number of carbonyl (C=O) groups excluding carboxylic acids is 1. The van der Waals surface area contributed by atoms with E-state index in [0.29, 0.717) is 22.0 Å². The summed E-state index contributed by atoms with van der Waals surface area (Å²) in [5, 5.41) is 4.23. The van der Waals surface area contributed by atoms with Crippen LogP contribution in [-0.4, -0.2) is 72.5 Å². The molecule has 1 aromatic heterocycles. The molecule has 1 amide bonds. The van der Waals surface area contributed by atoms with Gasteiger partial charge in [-0.1, -0.05) is 23.4 Å². The Balaban J connectivity index is 1.46. The van der Waals surface area contributed by atoms with Gasteiger partial charge in [0.25, 0.3) is 5.91 Å². The van der Waals surface area contributed by atoms with Crippen LogP contribution in [0.1, 0.15) is 29.6 Å². The maximum atomic E-state index is 12.9. The van der Waals surface area contributed by atoms with E-state index in [1.807, 2.05) is 6.07 Å². The molecule has 2 aromatic rings. The summed E-state index contributed by atoms with van der Waals surface area (Å²) in [6.45, 7) is 2.67. The van der Waals surface area contributed by atoms with Gasteiger partial charge in [-0.25, -0.2) is 9.97 Å². The molecule has 1 aliphatic heterocycles. The number of hydrogen-bond acceptors (Lipinski definition) is 8. The number of halogens is 1. The molecular formula is C22H30ClN5O3S. The van der Waals surface area contributed by atoms with Crippen molar-refractivity contribution in [2.24, 2.45) is 0 Å². The predicted molar refractivity (Wildman–Crippen MR) is 128 cm³/mol. The van der Waals surface area contributed by atoms with Crippen LogP contribution in [0.2, 0.25) is 5.02 Å². The molecule has 3 N–H and O–H groups in total. The third kappa shape index (κ3) is 6.71. The molecule has 8 nitrogen and oxygen atoms in total. The van der Waals surface area contributed by atoms with Crippen LogP contribution >= 0.6 is 23.4 Å². The molecule has 10 heteroatoms. The van der Waals surface area contributed by atoms with Crippen molar-refractivity contribution in [2.45, 2.75) is 36.6 Å². The van der Waals surface area contributed by atoms with Crippen molar-refractivity contribution >= 4 is 35.0 Å². The summed E-state index contributed by atoms with van der Waals surface area (Å²) in [5.74, 6) is 1.15. The Bertz CT molecular complexity index is 889. The fraction of sp³-hybridized carbons (Fsp3) is 0.500. The fourth-order valence-corrected chi connectivity index (χ4v) is 4.68. The summed E-state index contributed by atoms with van der Waals surface area (Å²) < 4.78 is 11.0. The third-order valence-electron chi connectivity index (χ3n) is 5.47. The molecular weight excluding hydrogens is 450 g/mol. The highest BCUT2D eigenvalue weighted by Crippen LogP contribution is 2.29. The number of nitrogens with one attached hydrogen (secondary N) is 1. The molecule has 0 aliphatic carbocycles. The third-order valence-corrected chi connectivity index (χ3v) is 6.76. The van der Waals surface area contributed by atoms with Crippen LogP contribution in [0.25, 0.3) is 0 Å². The fourth-order valence-electron chi connectivity index (χ4n) is 3.71. The van der Waals surface area contributed by atoms with E-state index in [-0.39, 0.29) is 18.1 Å². The number of likely N-dealkylation sites (tertiary alicyclic amines) is 1. The summed E-state index contributed by atoms with van der Waals surface area (Å²) in [5.41, 5.74) is 6.56. The average Bonchev–Trinajstić information content (AvgIpc) is 2.81. The Morgan fingerprint density at radius 2 is 2.09 bits per heavy atom. The van der Waals surface area contributed by atoms with Gasteiger partial charge in [0.1, 0.15) is 5.75 Å². The molecule has 0 spiro atoms. The van der Waals surface area contributed by atoms with Crippen molar-refractivity contribution in [1.29, 1.82) is 0 Å². The molecule has 0 radical (unpaired) electrons. The van der Waals surface area contributed by atoms with Crippen molar-refractivity contribution in [3.8, 4) is 5.75 Å². The zero-order valence-electron chi connectivity index (χ0n) is 18.4. The van der Waals surface area contributed by atoms with Crippen LogP contribution < -0.4 is 15.8 Å². The number of piperidine rings is 1. The minimum absolute atomic E-state index is 0.0874. The molecule has 1 aromatic carbocycles. The first kappa shape index (κ1) is 24.6. The number of nitrogen functional groups attached to an aromatic ring is 1. The average molecular weight is 480 g/mol. The number of thioether (sulfide) groups is 1. The lowest BCUT2D eigenvalue weighted by Crippen LogP contribution is -2.54. The smallest absolute Gasteiger partial charge is 0.255 e. The molecule has 1 fully saturated rings. The van der Waals surface area contributed by atoms with Gasteiger partial charge in [-0.3, -0.25) is 4.79 Å². The van der Waals surface area contributed by atoms with E-state index in [9.17, 15) is 4.79 Å². The number of unbranched alkanes of at least 4 members (excludes halogenated alkanes) is 1. The first-order valence-electron chi connectivity index (χ1n) is 10.6. The zero-order valence-corrected chi connectivity index (χ0v) is 20.0. The molecule has 0 unspecified atom stereocenters. The van der Waals surface area contributed by atoms with Crippen molar-refractivity contribution in [1.82, 2.24) is 20.2 Å². The molecule has 32 heavy (non-hydrogen) atoms. The van der Waals surface area contributed by atoms with Gasteiger partial charge in [-0.05, 0) is 37.9 Å². The normalized spacial score (nSPS) is 19.0. The van der Waals surface area contributed by atoms with E-state index < -0.39 is 0 Å². The number of amides is 1. The molecule has 2 atom stereocenters. The summed E-state index contributed by atoms with van der Waals surface area (Å²) in [7, 11) is 3.19. The number of aromatic nitrogens is 2. The lowest BCUT2D eigenvalue weighted by atomic mass is 10.0. The summed E-state index contributed by atoms with van der Waals surface area (Å²) >= 11 is 7.79. The number of nitrogens with zero attached hydrogens (tertiary/aromatic N) is 3. The van der Waals surface area contributed by atoms with Crippen LogP contribution in [0.15, 0.2) is 35.7 Å². The molecule has 2 heterocycles. The van der Waals surface area contributed by atoms with Gasteiger partial charge in [0.05, 0.1) is 35.5 Å². The van der Waals surface area contributed by atoms with Gasteiger partial charge >= 0.3 is 0 Å². The van der Waals surface area contributed by atoms with Crippen LogP contribution in [-0.2, 0) is 4.74 Å². The number of rotatable bonds is 10. The van der Waals surface area contributed by atoms with Gasteiger partial charge in [-0.2, -0.15) is 0 Å². The van der Waals surface area contributed by atoms with Crippen molar-refractivity contribution < 1.29 is 14.3 Å². The highest BCUT2D eigenvalue weighted by atomic mass is 35.5. The van der Waals surface area contributed by atoms with Gasteiger partial charge in [0, 0.05) is 44.4 Å². The van der Waals surface area contributed by atoms with Crippen LogP contribution in [0, 0.1) is 0 Å². The minimum atomic E-state index is -0.246. The molecule has 0 bridgehead atoms. The summed E-state index contributed by atoms with van der Waals surface area (Å²) in [6.07, 6.45) is 6.43. The van der Waals surface area contributed by atoms with Crippen LogP contribution in [0.5, 0.6) is 5.75 Å². The topological polar surface area (TPSA) is 103 Å². The Morgan fingerprint density at radius 3 is 2.81 bits per heavy atom. The Labute approximate surface area is 198 Å². The summed E-state index contributed by atoms with van der Waals surface area (Å²) in [4.78, 5) is 23.7. The summed E-state index contributed by atoms with van der Waals surface area (Å²) in [6, 6.07) is 4.84. The van der Waals surface area contributed by atoms with Gasteiger partial charge in [0.2, 0.25) is 0 Å². The Kier molecular flexibility index (Phi) is 9.40. The maximum absolute atomic E-state index is 12.9. The number of carbonyl (C=O) groups is 1. The van der Waals surface area contributed by atoms with Crippen molar-refractivity contribution in [2.75, 3.05) is 45.3 Å². The predicted octanol–water partition coefficient (Wildman–Crippen LogP) is 3.11. The minimum Gasteiger partial charge on any atom is -0.496 e. The number of benzene rings is 1. The monoisotopic (exact) mass is 479 g/mol. The first-order chi connectivity index (χ1) is 15.5. The lowest BCUT2D eigenvalue weighted by Gasteiger charge is -2.38. The molecule has 174 valence electrons. The first-order valence-corrected chi connectivity index (χ1v) is 12.0. The number of methoxy groups -OCH3 is 2. The second kappa shape index (κ2) is 12.2. The highest BCUT2D eigenvalue weighted by molar-refractivity contribution is 7.99. The zero-order chi connectivity index (χ0) is 22.9. The number of ether oxygens (including phenoxy) is 2. The second-order valence-electron chi connectivity index (χ2n) is 7.60. The number of anilines is 1. The molecule has 0 saturated carbocycles. The van der Waals surface area contributed by atoms with E-state index in [0.717, 1.165) is 49.8 Å². The molecule has 1 saturated heterocycles. The maximum Gasteiger partial charge on any atom is 0.255 e. The Hall–Kier alpha value is -2.07. The Morgan fingerprint density at radius 1 is 1.31 bits per heavy atom. The van der Waals surface area contributed by atoms with Gasteiger partial charge in [0.15, 0.2) is 5.16 Å². The highest BCUT2D eigenvalue weighted by Gasteiger charge is 2.31. The van der Waals surface area contributed by atoms with Gasteiger partial charge < -0.3 is 25.4 Å². The molecule has 3 rings (SSSR count). The largest absolute Gasteiger partial charge is 0.496 e. The van der Waals surface area contributed by atoms with Crippen LogP contribution in [0.4, 0.5) is 5.69 Å². The van der Waals surface area contributed by atoms with Crippen molar-refractivity contribution in [3.05, 3.63) is 41.2 Å². The van der Waals surface area contributed by atoms with Crippen molar-refractivity contribution in [3.63, 3.8) is 0 Å². The number of nitrogens with two attached hydrogens (primary N) is 1. The quantitative estimate of drug-likeness (QED) is 0.232. The second-order valence-corrected chi connectivity index (χ2v) is 9.07. The lowest BCUT2D eigenvalue weighted by molar-refractivity contribution is 0.00611. The number of hydrogen-bond donors (Lipinski definition) is 2. The van der Waals surface area contributed by atoms with Gasteiger partial charge in [-0.15, -0.1) is 0 Å². The van der Waals surface area contributed by atoms with E-state index in [1.54, 1.807) is 43.4 Å².